The molecule has 1 heterocycles. The van der Waals surface area contributed by atoms with Crippen LogP contribution in [0.3, 0.4) is 0 Å². The molecule has 4 rings (SSSR count). The summed E-state index contributed by atoms with van der Waals surface area (Å²) >= 11 is 12.9. The Kier molecular flexibility index (Phi) is 7.59. The molecular weight excluding hydrogens is 503 g/mol. The lowest BCUT2D eigenvalue weighted by molar-refractivity contribution is -0.685. The van der Waals surface area contributed by atoms with Gasteiger partial charge in [-0.25, -0.2) is 13.9 Å². The topological polar surface area (TPSA) is 55.3 Å². The van der Waals surface area contributed by atoms with E-state index in [0.29, 0.717) is 29.1 Å². The second-order valence-electron chi connectivity index (χ2n) is 6.96. The lowest BCUT2D eigenvalue weighted by Gasteiger charge is -2.04. The fourth-order valence-corrected chi connectivity index (χ4v) is 3.72. The number of benzene rings is 3. The van der Waals surface area contributed by atoms with Crippen LogP contribution < -0.4 is 26.3 Å². The molecule has 0 radical (unpaired) electrons. The van der Waals surface area contributed by atoms with Crippen molar-refractivity contribution in [2.24, 2.45) is 0 Å². The molecule has 160 valence electrons. The summed E-state index contributed by atoms with van der Waals surface area (Å²) in [5, 5.41) is 12.0. The zero-order chi connectivity index (χ0) is 21.1. The highest BCUT2D eigenvalue weighted by Gasteiger charge is 2.20. The summed E-state index contributed by atoms with van der Waals surface area (Å²) in [6, 6.07) is 21.8. The van der Waals surface area contributed by atoms with Crippen molar-refractivity contribution in [1.82, 2.24) is 4.57 Å². The van der Waals surface area contributed by atoms with Crippen molar-refractivity contribution < 1.29 is 36.2 Å². The maximum absolute atomic E-state index is 10.6. The molecule has 8 heteroatoms. The fourth-order valence-electron chi connectivity index (χ4n) is 3.29. The van der Waals surface area contributed by atoms with Gasteiger partial charge in [0.1, 0.15) is 18.8 Å². The van der Waals surface area contributed by atoms with E-state index in [0.717, 1.165) is 11.1 Å². The number of halogens is 3. The Hall–Kier alpha value is -2.54. The van der Waals surface area contributed by atoms with Gasteiger partial charge in [0.25, 0.3) is 10.3 Å². The third kappa shape index (κ3) is 5.58. The van der Waals surface area contributed by atoms with Crippen molar-refractivity contribution >= 4 is 39.9 Å². The summed E-state index contributed by atoms with van der Waals surface area (Å²) in [6.07, 6.45) is 1.90. The minimum atomic E-state index is -1.01. The number of carboxylic acid groups (broad SMARTS) is 1. The van der Waals surface area contributed by atoms with Crippen molar-refractivity contribution in [2.75, 3.05) is 6.61 Å². The molecule has 1 N–H and O–H groups in total. The van der Waals surface area contributed by atoms with E-state index in [1.165, 1.54) is 10.8 Å². The highest BCUT2D eigenvalue weighted by Crippen LogP contribution is 2.22. The molecule has 31 heavy (non-hydrogen) atoms. The van der Waals surface area contributed by atoms with E-state index < -0.39 is 5.97 Å². The van der Waals surface area contributed by atoms with Gasteiger partial charge in [0.15, 0.2) is 6.61 Å². The molecular formula is C23H19BrCl2N2O3. The number of nitrogens with zero attached hydrogens (tertiary/aromatic N) is 2. The summed E-state index contributed by atoms with van der Waals surface area (Å²) in [5.41, 5.74) is 2.12. The van der Waals surface area contributed by atoms with E-state index in [1.54, 1.807) is 12.1 Å². The maximum Gasteiger partial charge on any atom is 0.341 e. The van der Waals surface area contributed by atoms with Crippen molar-refractivity contribution in [3.05, 3.63) is 94.5 Å². The van der Waals surface area contributed by atoms with Crippen LogP contribution in [0.1, 0.15) is 11.1 Å². The quantitative estimate of drug-likeness (QED) is 0.377. The van der Waals surface area contributed by atoms with Gasteiger partial charge in [0, 0.05) is 0 Å². The largest absolute Gasteiger partial charge is 1.00 e. The third-order valence-corrected chi connectivity index (χ3v) is 5.65. The van der Waals surface area contributed by atoms with Gasteiger partial charge in [-0.2, -0.15) is 0 Å². The third-order valence-electron chi connectivity index (χ3n) is 4.76. The predicted molar refractivity (Wildman–Crippen MR) is 116 cm³/mol. The van der Waals surface area contributed by atoms with E-state index in [-0.39, 0.29) is 23.6 Å². The molecule has 0 bridgehead atoms. The van der Waals surface area contributed by atoms with Crippen LogP contribution in [0.25, 0.3) is 10.8 Å². The molecule has 0 saturated carbocycles. The van der Waals surface area contributed by atoms with Crippen LogP contribution >= 0.6 is 23.2 Å². The van der Waals surface area contributed by atoms with E-state index >= 15 is 0 Å². The molecule has 1 aromatic heterocycles. The summed E-state index contributed by atoms with van der Waals surface area (Å²) in [5.74, 6) is -0.507. The second-order valence-corrected chi connectivity index (χ2v) is 7.68. The summed E-state index contributed by atoms with van der Waals surface area (Å²) in [6.45, 7) is 0.772. The Morgan fingerprint density at radius 1 is 0.968 bits per heavy atom. The van der Waals surface area contributed by atoms with Crippen LogP contribution in [0.5, 0.6) is 5.75 Å². The highest BCUT2D eigenvalue weighted by molar-refractivity contribution is 6.39. The first-order chi connectivity index (χ1) is 14.5. The lowest BCUT2D eigenvalue weighted by atomic mass is 10.1. The van der Waals surface area contributed by atoms with Gasteiger partial charge in [0.05, 0.1) is 0 Å². The number of hydrogen-bond acceptors (Lipinski definition) is 2. The molecule has 4 aromatic rings. The molecule has 0 amide bonds. The molecule has 0 unspecified atom stereocenters. The van der Waals surface area contributed by atoms with E-state index in [1.807, 2.05) is 39.7 Å². The number of aromatic nitrogens is 2. The van der Waals surface area contributed by atoms with Gasteiger partial charge in [0.2, 0.25) is 6.33 Å². The zero-order valence-electron chi connectivity index (χ0n) is 16.3. The first kappa shape index (κ1) is 23.1. The molecule has 0 fully saturated rings. The molecule has 0 aliphatic heterocycles. The highest BCUT2D eigenvalue weighted by atomic mass is 79.9. The van der Waals surface area contributed by atoms with Gasteiger partial charge in [-0.3, -0.25) is 0 Å². The summed E-state index contributed by atoms with van der Waals surface area (Å²) < 4.78 is 8.95. The Bertz CT molecular complexity index is 1210. The molecule has 0 aliphatic rings. The van der Waals surface area contributed by atoms with Crippen LogP contribution in [0.2, 0.25) is 10.3 Å². The molecule has 0 atom stereocenters. The summed E-state index contributed by atoms with van der Waals surface area (Å²) in [4.78, 5) is 10.6. The Morgan fingerprint density at radius 2 is 1.65 bits per heavy atom. The van der Waals surface area contributed by atoms with Crippen LogP contribution in [0.15, 0.2) is 73.1 Å². The fraction of sp³-hybridized carbons (Fsp3) is 0.130. The van der Waals surface area contributed by atoms with E-state index in [2.05, 4.69) is 30.3 Å². The number of rotatable bonds is 7. The number of carboxylic acids is 1. The first-order valence-electron chi connectivity index (χ1n) is 9.34. The number of imidazole rings is 1. The predicted octanol–water partition coefficient (Wildman–Crippen LogP) is 1.80. The summed E-state index contributed by atoms with van der Waals surface area (Å²) in [7, 11) is 0. The lowest BCUT2D eigenvalue weighted by Crippen LogP contribution is -3.00. The average molecular weight is 522 g/mol. The Labute approximate surface area is 200 Å². The van der Waals surface area contributed by atoms with Crippen LogP contribution in [0.4, 0.5) is 0 Å². The number of hydrogen-bond donors (Lipinski definition) is 1. The molecule has 3 aromatic carbocycles. The smallest absolute Gasteiger partial charge is 0.341 e. The van der Waals surface area contributed by atoms with E-state index in [9.17, 15) is 4.79 Å². The van der Waals surface area contributed by atoms with Crippen LogP contribution in [-0.2, 0) is 17.9 Å². The molecule has 5 nitrogen and oxygen atoms in total. The van der Waals surface area contributed by atoms with Crippen molar-refractivity contribution in [3.8, 4) is 5.75 Å². The van der Waals surface area contributed by atoms with E-state index in [4.69, 9.17) is 33.0 Å². The number of fused-ring (bicyclic) bond motifs is 1. The average Bonchev–Trinajstić information content (AvgIpc) is 3.01. The zero-order valence-corrected chi connectivity index (χ0v) is 19.4. The van der Waals surface area contributed by atoms with Gasteiger partial charge in [-0.15, -0.1) is 0 Å². The van der Waals surface area contributed by atoms with Crippen molar-refractivity contribution in [2.45, 2.75) is 13.1 Å². The van der Waals surface area contributed by atoms with Crippen LogP contribution in [0, 0.1) is 0 Å². The normalized spacial score (nSPS) is 10.6. The molecule has 0 saturated heterocycles. The number of carbonyl (C=O) groups is 1. The van der Waals surface area contributed by atoms with Crippen molar-refractivity contribution in [1.29, 1.82) is 0 Å². The SMILES string of the molecule is O=C(O)COc1ccc(Cn2c[n+](Cc3ccc4ccccc4c3)c(Cl)c2Cl)cc1.[Br-]. The number of ether oxygens (including phenoxy) is 1. The Morgan fingerprint density at radius 3 is 2.35 bits per heavy atom. The first-order valence-corrected chi connectivity index (χ1v) is 10.1. The molecule has 0 spiro atoms. The van der Waals surface area contributed by atoms with Gasteiger partial charge < -0.3 is 26.8 Å². The standard InChI is InChI=1S/C23H18Cl2N2O3.BrH/c24-22-23(25)27(13-17-5-8-18-3-1-2-4-19(18)11-17)15-26(22)12-16-6-9-20(10-7-16)30-14-21(28)29;/h1-11,15H,12-14H2;1H. The van der Waals surface area contributed by atoms with Gasteiger partial charge >= 0.3 is 5.97 Å². The Balaban J connectivity index is 0.00000272. The minimum absolute atomic E-state index is 0. The molecule has 0 aliphatic carbocycles. The minimum Gasteiger partial charge on any atom is -1.00 e. The van der Waals surface area contributed by atoms with Gasteiger partial charge in [-0.1, -0.05) is 48.5 Å². The van der Waals surface area contributed by atoms with Crippen LogP contribution in [-0.4, -0.2) is 22.2 Å². The number of aliphatic carboxylic acids is 1. The van der Waals surface area contributed by atoms with Gasteiger partial charge in [-0.05, 0) is 63.3 Å². The second kappa shape index (κ2) is 10.2. The van der Waals surface area contributed by atoms with Crippen molar-refractivity contribution in [3.63, 3.8) is 0 Å². The maximum atomic E-state index is 10.6. The monoisotopic (exact) mass is 520 g/mol.